The summed E-state index contributed by atoms with van der Waals surface area (Å²) in [5, 5.41) is 20.8. The van der Waals surface area contributed by atoms with Crippen LogP contribution in [-0.2, 0) is 4.74 Å². The first kappa shape index (κ1) is 36.3. The molecule has 1 atom stereocenters. The maximum atomic E-state index is 12.9. The molecule has 5 rings (SSSR count). The lowest BCUT2D eigenvalue weighted by Crippen LogP contribution is -2.42. The van der Waals surface area contributed by atoms with Gasteiger partial charge in [-0.05, 0) is 85.8 Å². The van der Waals surface area contributed by atoms with Crippen LogP contribution in [0.15, 0.2) is 85.0 Å². The van der Waals surface area contributed by atoms with Crippen LogP contribution in [0.5, 0.6) is 23.0 Å². The van der Waals surface area contributed by atoms with Crippen LogP contribution in [0.25, 0.3) is 5.57 Å². The van der Waals surface area contributed by atoms with Gasteiger partial charge >= 0.3 is 0 Å². The molecule has 0 heterocycles. The summed E-state index contributed by atoms with van der Waals surface area (Å²) in [7, 11) is 1.49. The highest BCUT2D eigenvalue weighted by atomic mass is 16.5. The Bertz CT molecular complexity index is 1550. The van der Waals surface area contributed by atoms with Crippen LogP contribution in [0.3, 0.4) is 0 Å². The monoisotopic (exact) mass is 666 g/mol. The minimum absolute atomic E-state index is 0.0951. The van der Waals surface area contributed by atoms with Crippen molar-refractivity contribution in [3.8, 4) is 23.0 Å². The van der Waals surface area contributed by atoms with E-state index < -0.39 is 5.78 Å². The zero-order chi connectivity index (χ0) is 34.5. The number of hydrogen-bond donors (Lipinski definition) is 2. The maximum Gasteiger partial charge on any atom is 0.200 e. The highest BCUT2D eigenvalue weighted by molar-refractivity contribution is 6.12. The van der Waals surface area contributed by atoms with Crippen molar-refractivity contribution in [1.29, 1.82) is 0 Å². The average molecular weight is 667 g/mol. The molecule has 49 heavy (non-hydrogen) atoms. The van der Waals surface area contributed by atoms with Gasteiger partial charge in [-0.25, -0.2) is 0 Å². The van der Waals surface area contributed by atoms with Crippen molar-refractivity contribution in [1.82, 2.24) is 0 Å². The second kappa shape index (κ2) is 18.1. The Morgan fingerprint density at radius 3 is 2.10 bits per heavy atom. The molecule has 0 aliphatic heterocycles. The van der Waals surface area contributed by atoms with Gasteiger partial charge in [-0.15, -0.1) is 0 Å². The Morgan fingerprint density at radius 1 is 0.796 bits per heavy atom. The molecule has 0 radical (unpaired) electrons. The quantitative estimate of drug-likeness (QED) is 0.104. The Balaban J connectivity index is 1.06. The normalized spacial score (nSPS) is 20.5. The first-order valence-corrected chi connectivity index (χ1v) is 18.4. The van der Waals surface area contributed by atoms with Gasteiger partial charge in [-0.3, -0.25) is 4.79 Å². The van der Waals surface area contributed by atoms with Crippen molar-refractivity contribution >= 4 is 11.4 Å². The third kappa shape index (κ3) is 9.78. The van der Waals surface area contributed by atoms with Crippen LogP contribution in [-0.4, -0.2) is 41.9 Å². The summed E-state index contributed by atoms with van der Waals surface area (Å²) in [5.74, 6) is 1.53. The lowest BCUT2D eigenvalue weighted by molar-refractivity contribution is -0.0648. The Hall–Kier alpha value is -4.03. The van der Waals surface area contributed by atoms with E-state index in [1.807, 2.05) is 0 Å². The van der Waals surface area contributed by atoms with Crippen molar-refractivity contribution in [2.45, 2.75) is 96.0 Å². The zero-order valence-corrected chi connectivity index (χ0v) is 29.4. The summed E-state index contributed by atoms with van der Waals surface area (Å²) >= 11 is 0. The zero-order valence-electron chi connectivity index (χ0n) is 29.4. The third-order valence-electron chi connectivity index (χ3n) is 10.4. The van der Waals surface area contributed by atoms with E-state index in [9.17, 15) is 15.0 Å². The van der Waals surface area contributed by atoms with Crippen LogP contribution < -0.4 is 9.47 Å². The number of methoxy groups -OCH3 is 1. The van der Waals surface area contributed by atoms with Gasteiger partial charge < -0.3 is 24.4 Å². The van der Waals surface area contributed by atoms with Crippen molar-refractivity contribution in [3.05, 3.63) is 102 Å². The molecular weight excluding hydrogens is 612 g/mol. The highest BCUT2D eigenvalue weighted by Crippen LogP contribution is 2.44. The minimum Gasteiger partial charge on any atom is -0.507 e. The number of ketones is 1. The fourth-order valence-corrected chi connectivity index (χ4v) is 7.41. The molecule has 0 spiro atoms. The molecule has 2 aliphatic rings. The van der Waals surface area contributed by atoms with Gasteiger partial charge in [0.2, 0.25) is 0 Å². The molecule has 2 N–H and O–H groups in total. The van der Waals surface area contributed by atoms with E-state index >= 15 is 0 Å². The molecule has 3 aromatic rings. The van der Waals surface area contributed by atoms with Crippen LogP contribution in [0.4, 0.5) is 0 Å². The lowest BCUT2D eigenvalue weighted by Gasteiger charge is -2.43. The lowest BCUT2D eigenvalue weighted by atomic mass is 9.69. The highest BCUT2D eigenvalue weighted by Gasteiger charge is 2.40. The van der Waals surface area contributed by atoms with Gasteiger partial charge in [0.25, 0.3) is 0 Å². The molecule has 6 nitrogen and oxygen atoms in total. The van der Waals surface area contributed by atoms with E-state index in [1.54, 1.807) is 12.1 Å². The molecule has 1 saturated carbocycles. The van der Waals surface area contributed by atoms with Gasteiger partial charge in [0, 0.05) is 18.7 Å². The summed E-state index contributed by atoms with van der Waals surface area (Å²) in [6.45, 7) is 3.56. The number of carbonyl (C=O) groups is 1. The number of allylic oxidation sites excluding steroid dienone is 2. The van der Waals surface area contributed by atoms with Crippen LogP contribution in [0, 0.1) is 11.8 Å². The Labute approximate surface area is 292 Å². The standard InChI is InChI=1S/C43H54O6/c1-3-4-8-13-32-16-18-35(19-17-32)43(26-24-34(25-27-43)33-14-9-7-10-15-33)49-29-12-6-5-11-28-48-37-21-23-39(41(45)31-37)42(46)38-22-20-36(47-2)30-40(38)44/h7,9-10,14-15,20-26,30-32,35,44-45H,3-6,8,11-13,16-19,27-29H2,1-2H3. The second-order valence-electron chi connectivity index (χ2n) is 13.7. The summed E-state index contributed by atoms with van der Waals surface area (Å²) in [4.78, 5) is 12.9. The molecule has 0 aromatic heterocycles. The van der Waals surface area contributed by atoms with E-state index in [2.05, 4.69) is 55.5 Å². The average Bonchev–Trinajstić information content (AvgIpc) is 3.13. The number of hydrogen-bond acceptors (Lipinski definition) is 6. The smallest absolute Gasteiger partial charge is 0.200 e. The topological polar surface area (TPSA) is 85.2 Å². The predicted octanol–water partition coefficient (Wildman–Crippen LogP) is 10.5. The third-order valence-corrected chi connectivity index (χ3v) is 10.4. The second-order valence-corrected chi connectivity index (χ2v) is 13.7. The molecule has 0 saturated heterocycles. The van der Waals surface area contributed by atoms with E-state index in [4.69, 9.17) is 14.2 Å². The molecular formula is C43H54O6. The number of carbonyl (C=O) groups excluding carboxylic acids is 1. The number of phenolic OH excluding ortho intramolecular Hbond substituents is 2. The van der Waals surface area contributed by atoms with Crippen molar-refractivity contribution in [2.75, 3.05) is 20.3 Å². The molecule has 2 aliphatic carbocycles. The van der Waals surface area contributed by atoms with Gasteiger partial charge in [0.05, 0.1) is 30.4 Å². The van der Waals surface area contributed by atoms with E-state index in [0.29, 0.717) is 24.0 Å². The molecule has 6 heteroatoms. The Morgan fingerprint density at radius 2 is 1.47 bits per heavy atom. The van der Waals surface area contributed by atoms with E-state index in [0.717, 1.165) is 44.6 Å². The summed E-state index contributed by atoms with van der Waals surface area (Å²) in [6.07, 6.45) is 22.5. The Kier molecular flexibility index (Phi) is 13.4. The van der Waals surface area contributed by atoms with Crippen molar-refractivity contribution in [3.63, 3.8) is 0 Å². The van der Waals surface area contributed by atoms with Crippen molar-refractivity contribution in [2.24, 2.45) is 11.8 Å². The number of phenols is 2. The van der Waals surface area contributed by atoms with Crippen LogP contribution in [0.2, 0.25) is 0 Å². The minimum atomic E-state index is -0.473. The van der Waals surface area contributed by atoms with Gasteiger partial charge in [0.15, 0.2) is 5.78 Å². The molecule has 0 bridgehead atoms. The molecule has 1 fully saturated rings. The first-order chi connectivity index (χ1) is 23.9. The number of benzene rings is 3. The maximum absolute atomic E-state index is 12.9. The molecule has 1 unspecified atom stereocenters. The van der Waals surface area contributed by atoms with Crippen LogP contribution >= 0.6 is 0 Å². The fourth-order valence-electron chi connectivity index (χ4n) is 7.41. The van der Waals surface area contributed by atoms with Crippen molar-refractivity contribution < 1.29 is 29.2 Å². The summed E-state index contributed by atoms with van der Waals surface area (Å²) < 4.78 is 17.8. The van der Waals surface area contributed by atoms with Gasteiger partial charge in [-0.1, -0.05) is 100 Å². The van der Waals surface area contributed by atoms with E-state index in [-0.39, 0.29) is 28.2 Å². The molecule has 262 valence electrons. The number of aromatic hydroxyl groups is 2. The van der Waals surface area contributed by atoms with Gasteiger partial charge in [0.1, 0.15) is 23.0 Å². The number of ether oxygens (including phenoxy) is 3. The van der Waals surface area contributed by atoms with Gasteiger partial charge in [-0.2, -0.15) is 0 Å². The SMILES string of the molecule is CCCCCC1CCC(C2(OCCCCCCOc3ccc(C(=O)c4ccc(OC)cc4O)c(O)c3)C=CC(c3ccccc3)=CC2)CC1. The first-order valence-electron chi connectivity index (χ1n) is 18.4. The molecule has 0 amide bonds. The molecule has 3 aromatic carbocycles. The number of unbranched alkanes of at least 4 members (excludes halogenated alkanes) is 5. The summed E-state index contributed by atoms with van der Waals surface area (Å²) in [5.41, 5.74) is 2.54. The largest absolute Gasteiger partial charge is 0.507 e. The van der Waals surface area contributed by atoms with E-state index in [1.165, 1.54) is 93.9 Å². The number of rotatable bonds is 18. The van der Waals surface area contributed by atoms with Crippen LogP contribution in [0.1, 0.15) is 112 Å². The summed E-state index contributed by atoms with van der Waals surface area (Å²) in [6, 6.07) is 19.8. The fraction of sp³-hybridized carbons (Fsp3) is 0.465. The predicted molar refractivity (Wildman–Crippen MR) is 197 cm³/mol.